The minimum absolute atomic E-state index is 0.440. The van der Waals surface area contributed by atoms with Gasteiger partial charge in [0.1, 0.15) is 0 Å². The van der Waals surface area contributed by atoms with E-state index in [0.29, 0.717) is 6.04 Å². The van der Waals surface area contributed by atoms with E-state index >= 15 is 0 Å². The summed E-state index contributed by atoms with van der Waals surface area (Å²) < 4.78 is 0. The van der Waals surface area contributed by atoms with E-state index < -0.39 is 0 Å². The van der Waals surface area contributed by atoms with Crippen molar-refractivity contribution >= 4 is 0 Å². The fraction of sp³-hybridized carbons (Fsp3) is 0.571. The highest BCUT2D eigenvalue weighted by atomic mass is 14.7. The third kappa shape index (κ3) is 2.40. The average molecular weight is 203 g/mol. The molecule has 82 valence electrons. The molecule has 0 spiro atoms. The Labute approximate surface area is 92.7 Å². The summed E-state index contributed by atoms with van der Waals surface area (Å²) in [4.78, 5) is 0. The molecule has 2 N–H and O–H groups in total. The van der Waals surface area contributed by atoms with Crippen molar-refractivity contribution in [2.45, 2.75) is 44.6 Å². The van der Waals surface area contributed by atoms with Crippen molar-refractivity contribution < 1.29 is 0 Å². The summed E-state index contributed by atoms with van der Waals surface area (Å²) in [6, 6.07) is 11.3. The van der Waals surface area contributed by atoms with Crippen LogP contribution in [0.25, 0.3) is 0 Å². The lowest BCUT2D eigenvalue weighted by Gasteiger charge is -2.33. The third-order valence-electron chi connectivity index (χ3n) is 3.84. The van der Waals surface area contributed by atoms with Gasteiger partial charge in [-0.25, -0.2) is 0 Å². The van der Waals surface area contributed by atoms with Crippen LogP contribution in [0.15, 0.2) is 30.3 Å². The summed E-state index contributed by atoms with van der Waals surface area (Å²) in [5.74, 6) is 1.47. The van der Waals surface area contributed by atoms with Crippen LogP contribution >= 0.6 is 0 Å². The van der Waals surface area contributed by atoms with Crippen LogP contribution in [0.1, 0.15) is 44.1 Å². The monoisotopic (exact) mass is 203 g/mol. The van der Waals surface area contributed by atoms with Gasteiger partial charge in [-0.1, -0.05) is 43.7 Å². The first-order valence-electron chi connectivity index (χ1n) is 6.11. The zero-order chi connectivity index (χ0) is 10.7. The first kappa shape index (κ1) is 10.7. The highest BCUT2D eigenvalue weighted by Crippen LogP contribution is 2.36. The predicted octanol–water partition coefficient (Wildman–Crippen LogP) is 3.31. The number of benzene rings is 1. The van der Waals surface area contributed by atoms with Crippen LogP contribution in [-0.4, -0.2) is 6.04 Å². The van der Waals surface area contributed by atoms with E-state index in [-0.39, 0.29) is 0 Å². The number of hydrogen-bond donors (Lipinski definition) is 1. The van der Waals surface area contributed by atoms with Crippen LogP contribution in [0.2, 0.25) is 0 Å². The molecule has 1 fully saturated rings. The summed E-state index contributed by atoms with van der Waals surface area (Å²) >= 11 is 0. The van der Waals surface area contributed by atoms with Crippen molar-refractivity contribution in [2.75, 3.05) is 0 Å². The third-order valence-corrected chi connectivity index (χ3v) is 3.84. The zero-order valence-corrected chi connectivity index (χ0v) is 9.52. The van der Waals surface area contributed by atoms with Gasteiger partial charge in [0.05, 0.1) is 0 Å². The summed E-state index contributed by atoms with van der Waals surface area (Å²) in [5, 5.41) is 0. The Morgan fingerprint density at radius 2 is 1.93 bits per heavy atom. The maximum atomic E-state index is 6.13. The summed E-state index contributed by atoms with van der Waals surface area (Å²) in [6.45, 7) is 2.26. The maximum Gasteiger partial charge on any atom is 0.00674 e. The van der Waals surface area contributed by atoms with Gasteiger partial charge in [0.15, 0.2) is 0 Å². The largest absolute Gasteiger partial charge is 0.327 e. The zero-order valence-electron chi connectivity index (χ0n) is 9.52. The first-order valence-corrected chi connectivity index (χ1v) is 6.11. The molecule has 1 aliphatic rings. The fourth-order valence-corrected chi connectivity index (χ4v) is 2.78. The molecule has 0 aliphatic heterocycles. The lowest BCUT2D eigenvalue weighted by Crippen LogP contribution is -2.35. The standard InChI is InChI=1S/C14H21N/c1-2-11-10-13(8-9-14(11)15)12-6-4-3-5-7-12/h3-7,11,13-14H,2,8-10,15H2,1H3. The van der Waals surface area contributed by atoms with Crippen LogP contribution in [0.3, 0.4) is 0 Å². The fourth-order valence-electron chi connectivity index (χ4n) is 2.78. The molecule has 0 bridgehead atoms. The van der Waals surface area contributed by atoms with Crippen LogP contribution < -0.4 is 5.73 Å². The number of nitrogens with two attached hydrogens (primary N) is 1. The molecule has 2 rings (SSSR count). The molecule has 1 saturated carbocycles. The van der Waals surface area contributed by atoms with Gasteiger partial charge in [0.25, 0.3) is 0 Å². The van der Waals surface area contributed by atoms with Crippen LogP contribution in [0.5, 0.6) is 0 Å². The van der Waals surface area contributed by atoms with Gasteiger partial charge in [-0.05, 0) is 36.7 Å². The summed E-state index contributed by atoms with van der Waals surface area (Å²) in [5.41, 5.74) is 7.63. The van der Waals surface area contributed by atoms with Gasteiger partial charge >= 0.3 is 0 Å². The SMILES string of the molecule is CCC1CC(c2ccccc2)CCC1N. The number of rotatable bonds is 2. The average Bonchev–Trinajstić information content (AvgIpc) is 2.31. The smallest absolute Gasteiger partial charge is 0.00674 e. The molecule has 1 heteroatoms. The van der Waals surface area contributed by atoms with Crippen LogP contribution in [0, 0.1) is 5.92 Å². The summed E-state index contributed by atoms with van der Waals surface area (Å²) in [7, 11) is 0. The number of hydrogen-bond acceptors (Lipinski definition) is 1. The van der Waals surface area contributed by atoms with Crippen LogP contribution in [0.4, 0.5) is 0 Å². The van der Waals surface area contributed by atoms with E-state index in [1.54, 1.807) is 0 Å². The normalized spacial score (nSPS) is 31.5. The maximum absolute atomic E-state index is 6.13. The van der Waals surface area contributed by atoms with Crippen molar-refractivity contribution in [3.63, 3.8) is 0 Å². The molecule has 0 radical (unpaired) electrons. The van der Waals surface area contributed by atoms with Crippen molar-refractivity contribution in [2.24, 2.45) is 11.7 Å². The molecule has 0 saturated heterocycles. The molecule has 1 aliphatic carbocycles. The second-order valence-corrected chi connectivity index (χ2v) is 4.75. The second-order valence-electron chi connectivity index (χ2n) is 4.75. The molecular weight excluding hydrogens is 182 g/mol. The minimum Gasteiger partial charge on any atom is -0.327 e. The molecule has 15 heavy (non-hydrogen) atoms. The van der Waals surface area contributed by atoms with Gasteiger partial charge < -0.3 is 5.73 Å². The molecule has 0 amide bonds. The van der Waals surface area contributed by atoms with Gasteiger partial charge in [-0.2, -0.15) is 0 Å². The van der Waals surface area contributed by atoms with Crippen molar-refractivity contribution in [3.05, 3.63) is 35.9 Å². The Hall–Kier alpha value is -0.820. The van der Waals surface area contributed by atoms with Crippen molar-refractivity contribution in [1.82, 2.24) is 0 Å². The van der Waals surface area contributed by atoms with Crippen molar-refractivity contribution in [1.29, 1.82) is 0 Å². The Bertz CT molecular complexity index is 293. The molecule has 3 atom stereocenters. The van der Waals surface area contributed by atoms with E-state index in [1.807, 2.05) is 0 Å². The second kappa shape index (κ2) is 4.80. The van der Waals surface area contributed by atoms with Crippen molar-refractivity contribution in [3.8, 4) is 0 Å². The molecule has 3 unspecified atom stereocenters. The lowest BCUT2D eigenvalue weighted by molar-refractivity contribution is 0.272. The van der Waals surface area contributed by atoms with E-state index in [9.17, 15) is 0 Å². The first-order chi connectivity index (χ1) is 7.31. The molecule has 1 aromatic carbocycles. The van der Waals surface area contributed by atoms with Crippen LogP contribution in [-0.2, 0) is 0 Å². The molecule has 0 heterocycles. The predicted molar refractivity (Wildman–Crippen MR) is 64.8 cm³/mol. The Kier molecular flexibility index (Phi) is 3.42. The van der Waals surface area contributed by atoms with Gasteiger partial charge in [0, 0.05) is 6.04 Å². The van der Waals surface area contributed by atoms with E-state index in [2.05, 4.69) is 37.3 Å². The van der Waals surface area contributed by atoms with Gasteiger partial charge in [-0.3, -0.25) is 0 Å². The molecule has 1 aromatic rings. The van der Waals surface area contributed by atoms with E-state index in [1.165, 1.54) is 31.2 Å². The molecular formula is C14H21N. The highest BCUT2D eigenvalue weighted by Gasteiger charge is 2.27. The van der Waals surface area contributed by atoms with Gasteiger partial charge in [-0.15, -0.1) is 0 Å². The molecule has 1 nitrogen and oxygen atoms in total. The van der Waals surface area contributed by atoms with E-state index in [4.69, 9.17) is 5.73 Å². The lowest BCUT2D eigenvalue weighted by atomic mass is 9.74. The topological polar surface area (TPSA) is 26.0 Å². The quantitative estimate of drug-likeness (QED) is 0.784. The van der Waals surface area contributed by atoms with E-state index in [0.717, 1.165) is 11.8 Å². The Morgan fingerprint density at radius 1 is 1.20 bits per heavy atom. The summed E-state index contributed by atoms with van der Waals surface area (Å²) in [6.07, 6.45) is 4.96. The highest BCUT2D eigenvalue weighted by molar-refractivity contribution is 5.20. The molecule has 0 aromatic heterocycles. The van der Waals surface area contributed by atoms with Gasteiger partial charge in [0.2, 0.25) is 0 Å². The Balaban J connectivity index is 2.06. The Morgan fingerprint density at radius 3 is 2.60 bits per heavy atom. The minimum atomic E-state index is 0.440.